The molecule has 0 spiro atoms. The van der Waals surface area contributed by atoms with E-state index in [2.05, 4.69) is 142 Å². The fraction of sp³-hybridized carbons (Fsp3) is 0. The van der Waals surface area contributed by atoms with E-state index in [0.717, 1.165) is 33.2 Å². The monoisotopic (exact) mass is 611 g/mol. The highest BCUT2D eigenvalue weighted by atomic mass is 14.6. The summed E-state index contributed by atoms with van der Waals surface area (Å²) in [6.07, 6.45) is 9.33. The van der Waals surface area contributed by atoms with Gasteiger partial charge in [-0.1, -0.05) is 115 Å². The summed E-state index contributed by atoms with van der Waals surface area (Å²) in [6, 6.07) is 52.2. The number of nitrogens with zero attached hydrogens (tertiary/aromatic N) is 3. The SMILES string of the molecule is c1ccc(-c2c3ccccc3c(-c3ccc(-c4cncc(-c5ccncc5)c4)cc3)c3ccccc23)c(-c2cccc3ncccc23)c1. The van der Waals surface area contributed by atoms with Crippen molar-refractivity contribution in [3.8, 4) is 55.6 Å². The molecule has 3 heteroatoms. The number of hydrogen-bond acceptors (Lipinski definition) is 3. The number of benzene rings is 6. The van der Waals surface area contributed by atoms with Crippen LogP contribution < -0.4 is 0 Å². The third kappa shape index (κ3) is 4.72. The Hall–Kier alpha value is -6.45. The molecule has 48 heavy (non-hydrogen) atoms. The van der Waals surface area contributed by atoms with Crippen LogP contribution in [0, 0.1) is 0 Å². The summed E-state index contributed by atoms with van der Waals surface area (Å²) >= 11 is 0. The molecule has 0 saturated carbocycles. The maximum absolute atomic E-state index is 4.65. The summed E-state index contributed by atoms with van der Waals surface area (Å²) in [5.74, 6) is 0. The van der Waals surface area contributed by atoms with Crippen LogP contribution in [0.5, 0.6) is 0 Å². The summed E-state index contributed by atoms with van der Waals surface area (Å²) in [7, 11) is 0. The molecular weight excluding hydrogens is 583 g/mol. The molecule has 0 atom stereocenters. The second kappa shape index (κ2) is 11.7. The molecule has 0 amide bonds. The van der Waals surface area contributed by atoms with E-state index in [1.165, 1.54) is 54.9 Å². The van der Waals surface area contributed by atoms with Crippen molar-refractivity contribution in [2.75, 3.05) is 0 Å². The second-order valence-electron chi connectivity index (χ2n) is 12.0. The van der Waals surface area contributed by atoms with E-state index in [-0.39, 0.29) is 0 Å². The van der Waals surface area contributed by atoms with Gasteiger partial charge in [0, 0.05) is 47.5 Å². The first-order chi connectivity index (χ1) is 23.8. The Morgan fingerprint density at radius 3 is 1.54 bits per heavy atom. The van der Waals surface area contributed by atoms with Crippen LogP contribution in [0.2, 0.25) is 0 Å². The summed E-state index contributed by atoms with van der Waals surface area (Å²) in [4.78, 5) is 13.4. The van der Waals surface area contributed by atoms with Crippen molar-refractivity contribution in [1.82, 2.24) is 15.0 Å². The molecule has 3 aromatic heterocycles. The van der Waals surface area contributed by atoms with Gasteiger partial charge in [-0.3, -0.25) is 15.0 Å². The van der Waals surface area contributed by atoms with Crippen LogP contribution in [-0.2, 0) is 0 Å². The first-order valence-corrected chi connectivity index (χ1v) is 16.2. The standard InChI is InChI=1S/C45H29N3/c1-2-10-38(36(9-1)35-15-7-17-43-37(35)16-8-24-48-43)45-41-13-5-3-11-39(41)44(40-12-4-6-14-42(40)45)32-20-18-30(19-21-32)33-27-34(29-47-28-33)31-22-25-46-26-23-31/h1-29H. The van der Waals surface area contributed by atoms with Gasteiger partial charge in [-0.05, 0) is 96.4 Å². The molecular formula is C45H29N3. The molecule has 9 aromatic rings. The molecule has 6 aromatic carbocycles. The highest BCUT2D eigenvalue weighted by Crippen LogP contribution is 2.46. The smallest absolute Gasteiger partial charge is 0.0708 e. The first kappa shape index (κ1) is 27.8. The van der Waals surface area contributed by atoms with Crippen LogP contribution >= 0.6 is 0 Å². The van der Waals surface area contributed by atoms with Gasteiger partial charge in [0.1, 0.15) is 0 Å². The van der Waals surface area contributed by atoms with E-state index >= 15 is 0 Å². The highest BCUT2D eigenvalue weighted by Gasteiger charge is 2.19. The van der Waals surface area contributed by atoms with Gasteiger partial charge >= 0.3 is 0 Å². The molecule has 3 heterocycles. The molecule has 9 rings (SSSR count). The number of rotatable bonds is 5. The van der Waals surface area contributed by atoms with Crippen molar-refractivity contribution in [3.63, 3.8) is 0 Å². The van der Waals surface area contributed by atoms with Gasteiger partial charge in [-0.25, -0.2) is 0 Å². The van der Waals surface area contributed by atoms with Gasteiger partial charge < -0.3 is 0 Å². The minimum atomic E-state index is 0.998. The average Bonchev–Trinajstić information content (AvgIpc) is 3.17. The number of hydrogen-bond donors (Lipinski definition) is 0. The number of pyridine rings is 3. The van der Waals surface area contributed by atoms with E-state index in [9.17, 15) is 0 Å². The van der Waals surface area contributed by atoms with Gasteiger partial charge in [0.2, 0.25) is 0 Å². The lowest BCUT2D eigenvalue weighted by molar-refractivity contribution is 1.30. The Bertz CT molecular complexity index is 2540. The molecule has 0 radical (unpaired) electrons. The topological polar surface area (TPSA) is 38.7 Å². The minimum Gasteiger partial charge on any atom is -0.265 e. The predicted octanol–water partition coefficient (Wildman–Crippen LogP) is 11.7. The summed E-state index contributed by atoms with van der Waals surface area (Å²) in [5, 5.41) is 6.08. The molecule has 0 unspecified atom stereocenters. The van der Waals surface area contributed by atoms with Gasteiger partial charge in [0.05, 0.1) is 5.52 Å². The highest BCUT2D eigenvalue weighted by molar-refractivity contribution is 6.22. The molecule has 3 nitrogen and oxygen atoms in total. The molecule has 0 fully saturated rings. The predicted molar refractivity (Wildman–Crippen MR) is 200 cm³/mol. The zero-order valence-corrected chi connectivity index (χ0v) is 26.1. The van der Waals surface area contributed by atoms with Crippen molar-refractivity contribution in [2.24, 2.45) is 0 Å². The zero-order valence-electron chi connectivity index (χ0n) is 26.1. The Labute approximate surface area is 278 Å². The molecule has 0 bridgehead atoms. The van der Waals surface area contributed by atoms with E-state index in [4.69, 9.17) is 0 Å². The van der Waals surface area contributed by atoms with Crippen LogP contribution in [-0.4, -0.2) is 15.0 Å². The Balaban J connectivity index is 1.23. The van der Waals surface area contributed by atoms with Gasteiger partial charge in [0.25, 0.3) is 0 Å². The van der Waals surface area contributed by atoms with Crippen molar-refractivity contribution < 1.29 is 0 Å². The van der Waals surface area contributed by atoms with Gasteiger partial charge in [-0.2, -0.15) is 0 Å². The molecule has 0 aliphatic heterocycles. The van der Waals surface area contributed by atoms with E-state index < -0.39 is 0 Å². The molecule has 0 saturated heterocycles. The third-order valence-corrected chi connectivity index (χ3v) is 9.32. The second-order valence-corrected chi connectivity index (χ2v) is 12.0. The van der Waals surface area contributed by atoms with Crippen LogP contribution in [0.25, 0.3) is 88.1 Å². The fourth-order valence-corrected chi connectivity index (χ4v) is 7.13. The van der Waals surface area contributed by atoms with Crippen molar-refractivity contribution >= 4 is 32.4 Å². The van der Waals surface area contributed by atoms with Gasteiger partial charge in [-0.15, -0.1) is 0 Å². The maximum atomic E-state index is 4.65. The Kier molecular flexibility index (Phi) is 6.80. The Morgan fingerprint density at radius 1 is 0.312 bits per heavy atom. The average molecular weight is 612 g/mol. The molecule has 0 N–H and O–H groups in total. The summed E-state index contributed by atoms with van der Waals surface area (Å²) in [6.45, 7) is 0. The fourth-order valence-electron chi connectivity index (χ4n) is 7.13. The van der Waals surface area contributed by atoms with Crippen LogP contribution in [0.4, 0.5) is 0 Å². The molecule has 224 valence electrons. The number of aromatic nitrogens is 3. The summed E-state index contributed by atoms with van der Waals surface area (Å²) < 4.78 is 0. The number of fused-ring (bicyclic) bond motifs is 3. The lowest BCUT2D eigenvalue weighted by Gasteiger charge is -2.20. The van der Waals surface area contributed by atoms with E-state index in [1.54, 1.807) is 0 Å². The largest absolute Gasteiger partial charge is 0.265 e. The normalized spacial score (nSPS) is 11.3. The van der Waals surface area contributed by atoms with Crippen molar-refractivity contribution in [3.05, 3.63) is 177 Å². The summed E-state index contributed by atoms with van der Waals surface area (Å²) in [5.41, 5.74) is 12.7. The minimum absolute atomic E-state index is 0.998. The van der Waals surface area contributed by atoms with Crippen LogP contribution in [0.15, 0.2) is 177 Å². The lowest BCUT2D eigenvalue weighted by Crippen LogP contribution is -1.93. The third-order valence-electron chi connectivity index (χ3n) is 9.32. The molecule has 0 aliphatic rings. The van der Waals surface area contributed by atoms with Crippen molar-refractivity contribution in [1.29, 1.82) is 0 Å². The lowest BCUT2D eigenvalue weighted by atomic mass is 9.83. The maximum Gasteiger partial charge on any atom is 0.0708 e. The first-order valence-electron chi connectivity index (χ1n) is 16.2. The van der Waals surface area contributed by atoms with Crippen LogP contribution in [0.1, 0.15) is 0 Å². The van der Waals surface area contributed by atoms with Crippen LogP contribution in [0.3, 0.4) is 0 Å². The quantitative estimate of drug-likeness (QED) is 0.182. The zero-order chi connectivity index (χ0) is 31.9. The van der Waals surface area contributed by atoms with E-state index in [1.807, 2.05) is 49.2 Å². The van der Waals surface area contributed by atoms with E-state index in [0.29, 0.717) is 0 Å². The molecule has 0 aliphatic carbocycles. The van der Waals surface area contributed by atoms with Gasteiger partial charge in [0.15, 0.2) is 0 Å². The Morgan fingerprint density at radius 2 is 0.854 bits per heavy atom. The van der Waals surface area contributed by atoms with Crippen molar-refractivity contribution in [2.45, 2.75) is 0 Å².